The van der Waals surface area contributed by atoms with Crippen molar-refractivity contribution in [1.29, 1.82) is 0 Å². The molecule has 0 spiro atoms. The number of thiol groups is 1. The van der Waals surface area contributed by atoms with Crippen molar-refractivity contribution in [2.75, 3.05) is 0 Å². The van der Waals surface area contributed by atoms with Crippen molar-refractivity contribution >= 4 is 51.1 Å². The molecule has 2 aromatic rings. The molecule has 0 fully saturated rings. The van der Waals surface area contributed by atoms with Crippen LogP contribution in [0.3, 0.4) is 0 Å². The van der Waals surface area contributed by atoms with Crippen LogP contribution in [0.15, 0.2) is 27.7 Å². The number of halogens is 2. The zero-order valence-corrected chi connectivity index (χ0v) is 9.17. The molecular weight excluding hydrogens is 258 g/mol. The molecule has 0 amide bonds. The summed E-state index contributed by atoms with van der Waals surface area (Å²) in [4.78, 5) is 3.97. The van der Waals surface area contributed by atoms with Crippen molar-refractivity contribution < 1.29 is 0 Å². The number of rotatable bonds is 0. The lowest BCUT2D eigenvalue weighted by Crippen LogP contribution is -1.72. The third-order valence-corrected chi connectivity index (χ3v) is 3.38. The van der Waals surface area contributed by atoms with Crippen LogP contribution in [0.4, 0.5) is 0 Å². The Morgan fingerprint density at radius 2 is 2.17 bits per heavy atom. The first-order chi connectivity index (χ1) is 5.70. The van der Waals surface area contributed by atoms with E-state index in [4.69, 9.17) is 11.6 Å². The number of aromatic nitrogens is 1. The zero-order chi connectivity index (χ0) is 8.72. The van der Waals surface area contributed by atoms with Gasteiger partial charge >= 0.3 is 0 Å². The van der Waals surface area contributed by atoms with E-state index in [1.807, 2.05) is 18.3 Å². The van der Waals surface area contributed by atoms with Gasteiger partial charge in [0.15, 0.2) is 0 Å². The summed E-state index contributed by atoms with van der Waals surface area (Å²) < 4.78 is 0.895. The van der Waals surface area contributed by atoms with Crippen molar-refractivity contribution in [3.8, 4) is 0 Å². The Morgan fingerprint density at radius 3 is 2.92 bits per heavy atom. The molecule has 2 rings (SSSR count). The van der Waals surface area contributed by atoms with Gasteiger partial charge in [-0.05, 0) is 22.0 Å². The van der Waals surface area contributed by atoms with Gasteiger partial charge in [0.1, 0.15) is 0 Å². The number of fused-ring (bicyclic) bond motifs is 1. The molecule has 0 radical (unpaired) electrons. The van der Waals surface area contributed by atoms with E-state index >= 15 is 0 Å². The normalized spacial score (nSPS) is 10.9. The van der Waals surface area contributed by atoms with Crippen LogP contribution < -0.4 is 0 Å². The maximum Gasteiger partial charge on any atom is 0.0789 e. The average Bonchev–Trinajstić information content (AvgIpc) is 2.41. The van der Waals surface area contributed by atoms with Crippen LogP contribution in [-0.2, 0) is 0 Å². The molecule has 0 unspecified atom stereocenters. The van der Waals surface area contributed by atoms with Gasteiger partial charge in [-0.1, -0.05) is 17.7 Å². The van der Waals surface area contributed by atoms with E-state index in [9.17, 15) is 0 Å². The quantitative estimate of drug-likeness (QED) is 0.671. The lowest BCUT2D eigenvalue weighted by atomic mass is 10.2. The van der Waals surface area contributed by atoms with E-state index < -0.39 is 0 Å². The maximum atomic E-state index is 6.03. The molecule has 1 aromatic carbocycles. The molecule has 0 aliphatic rings. The van der Waals surface area contributed by atoms with Gasteiger partial charge in [0.05, 0.1) is 10.5 Å². The molecule has 0 bridgehead atoms. The van der Waals surface area contributed by atoms with E-state index in [0.29, 0.717) is 5.02 Å². The molecule has 1 N–H and O–H groups in total. The van der Waals surface area contributed by atoms with Gasteiger partial charge in [0.25, 0.3) is 0 Å². The first-order valence-corrected chi connectivity index (χ1v) is 4.96. The molecule has 12 heavy (non-hydrogen) atoms. The fourth-order valence-corrected chi connectivity index (χ4v) is 1.92. The average molecular weight is 263 g/mol. The minimum absolute atomic E-state index is 0.702. The summed E-state index contributed by atoms with van der Waals surface area (Å²) >= 11 is 13.7. The predicted octanol–water partition coefficient (Wildman–Crippen LogP) is 3.87. The number of benzene rings is 1. The van der Waals surface area contributed by atoms with Crippen LogP contribution in [0.2, 0.25) is 5.02 Å². The largest absolute Gasteiger partial charge is 0.359 e. The van der Waals surface area contributed by atoms with E-state index in [0.717, 1.165) is 20.3 Å². The molecule has 0 atom stereocenters. The Balaban J connectivity index is 2.93. The molecule has 0 aliphatic heterocycles. The molecule has 1 aromatic heterocycles. The van der Waals surface area contributed by atoms with Crippen molar-refractivity contribution in [2.24, 2.45) is 0 Å². The Morgan fingerprint density at radius 1 is 1.42 bits per heavy atom. The van der Waals surface area contributed by atoms with Crippen molar-refractivity contribution in [3.63, 3.8) is 0 Å². The molecule has 1 heterocycles. The van der Waals surface area contributed by atoms with Crippen LogP contribution in [-0.4, -0.2) is 4.98 Å². The highest BCUT2D eigenvalue weighted by Gasteiger charge is 2.06. The summed E-state index contributed by atoms with van der Waals surface area (Å²) in [7, 11) is 0. The molecular formula is C8H5BrClNS. The fourth-order valence-electron chi connectivity index (χ4n) is 1.12. The summed E-state index contributed by atoms with van der Waals surface area (Å²) in [6, 6.07) is 3.89. The van der Waals surface area contributed by atoms with Crippen LogP contribution in [0, 0.1) is 0 Å². The maximum absolute atomic E-state index is 6.03. The Labute approximate surface area is 88.6 Å². The van der Waals surface area contributed by atoms with Crippen LogP contribution in [0.1, 0.15) is 0 Å². The van der Waals surface area contributed by atoms with E-state index in [-0.39, 0.29) is 0 Å². The monoisotopic (exact) mass is 261 g/mol. The fraction of sp³-hybridized carbons (Fsp3) is 0. The third kappa shape index (κ3) is 1.16. The topological polar surface area (TPSA) is 15.8 Å². The third-order valence-electron chi connectivity index (χ3n) is 1.72. The number of hydrogen-bond acceptors (Lipinski definition) is 1. The Bertz CT molecular complexity index is 438. The van der Waals surface area contributed by atoms with Gasteiger partial charge in [-0.2, -0.15) is 0 Å². The molecule has 0 aliphatic carbocycles. The molecule has 0 saturated carbocycles. The zero-order valence-electron chi connectivity index (χ0n) is 5.94. The second-order valence-electron chi connectivity index (χ2n) is 2.46. The second kappa shape index (κ2) is 2.98. The molecule has 4 heteroatoms. The summed E-state index contributed by atoms with van der Waals surface area (Å²) in [6.45, 7) is 0. The van der Waals surface area contributed by atoms with Crippen molar-refractivity contribution in [1.82, 2.24) is 4.98 Å². The number of H-pyrrole nitrogens is 1. The van der Waals surface area contributed by atoms with E-state index in [1.165, 1.54) is 0 Å². The minimum Gasteiger partial charge on any atom is -0.359 e. The number of aromatic amines is 1. The lowest BCUT2D eigenvalue weighted by Gasteiger charge is -1.96. The van der Waals surface area contributed by atoms with Gasteiger partial charge < -0.3 is 4.98 Å². The molecule has 62 valence electrons. The van der Waals surface area contributed by atoms with E-state index in [1.54, 1.807) is 0 Å². The summed E-state index contributed by atoms with van der Waals surface area (Å²) in [5.41, 5.74) is 0.927. The van der Waals surface area contributed by atoms with Crippen molar-refractivity contribution in [3.05, 3.63) is 27.8 Å². The first kappa shape index (κ1) is 8.48. The van der Waals surface area contributed by atoms with E-state index in [2.05, 4.69) is 33.5 Å². The summed E-state index contributed by atoms with van der Waals surface area (Å²) in [6.07, 6.45) is 1.83. The first-order valence-electron chi connectivity index (χ1n) is 3.34. The van der Waals surface area contributed by atoms with Crippen LogP contribution in [0.5, 0.6) is 0 Å². The summed E-state index contributed by atoms with van der Waals surface area (Å²) in [5, 5.41) is 1.75. The highest BCUT2D eigenvalue weighted by atomic mass is 79.9. The SMILES string of the molecule is Sc1c[nH]c2c(Cl)c(Br)ccc12. The van der Waals surface area contributed by atoms with Gasteiger partial charge in [0.2, 0.25) is 0 Å². The van der Waals surface area contributed by atoms with Gasteiger partial charge in [0, 0.05) is 21.0 Å². The Kier molecular flexibility index (Phi) is 2.10. The highest BCUT2D eigenvalue weighted by Crippen LogP contribution is 2.32. The Hall–Kier alpha value is -0.120. The minimum atomic E-state index is 0.702. The smallest absolute Gasteiger partial charge is 0.0789 e. The number of nitrogens with one attached hydrogen (secondary N) is 1. The van der Waals surface area contributed by atoms with Crippen LogP contribution in [0.25, 0.3) is 10.9 Å². The molecule has 0 saturated heterocycles. The summed E-state index contributed by atoms with van der Waals surface area (Å²) in [5.74, 6) is 0. The second-order valence-corrected chi connectivity index (χ2v) is 4.17. The van der Waals surface area contributed by atoms with Crippen LogP contribution >= 0.6 is 40.2 Å². The van der Waals surface area contributed by atoms with Gasteiger partial charge in [-0.3, -0.25) is 0 Å². The predicted molar refractivity (Wildman–Crippen MR) is 58.3 cm³/mol. The van der Waals surface area contributed by atoms with Crippen molar-refractivity contribution in [2.45, 2.75) is 4.90 Å². The van der Waals surface area contributed by atoms with Gasteiger partial charge in [-0.15, -0.1) is 12.6 Å². The standard InChI is InChI=1S/C8H5BrClNS/c9-5-2-1-4-6(12)3-11-8(4)7(5)10/h1-3,11-12H. The molecule has 1 nitrogen and oxygen atoms in total. The van der Waals surface area contributed by atoms with Gasteiger partial charge in [-0.25, -0.2) is 0 Å². The lowest BCUT2D eigenvalue weighted by molar-refractivity contribution is 1.42. The highest BCUT2D eigenvalue weighted by molar-refractivity contribution is 9.10. The number of hydrogen-bond donors (Lipinski definition) is 2.